The van der Waals surface area contributed by atoms with Crippen LogP contribution >= 0.6 is 0 Å². The van der Waals surface area contributed by atoms with E-state index < -0.39 is 0 Å². The summed E-state index contributed by atoms with van der Waals surface area (Å²) >= 11 is 0. The van der Waals surface area contributed by atoms with E-state index in [4.69, 9.17) is 0 Å². The second kappa shape index (κ2) is 6.39. The molecular formula is C11H25NO. The van der Waals surface area contributed by atoms with Gasteiger partial charge >= 0.3 is 0 Å². The molecule has 2 unspecified atom stereocenters. The van der Waals surface area contributed by atoms with Crippen LogP contribution in [0.5, 0.6) is 0 Å². The predicted octanol–water partition coefficient (Wildman–Crippen LogP) is 2.12. The molecule has 0 aromatic carbocycles. The van der Waals surface area contributed by atoms with Crippen molar-refractivity contribution in [3.63, 3.8) is 0 Å². The lowest BCUT2D eigenvalue weighted by atomic mass is 10.1. The summed E-state index contributed by atoms with van der Waals surface area (Å²) < 4.78 is 0. The Morgan fingerprint density at radius 1 is 1.08 bits per heavy atom. The van der Waals surface area contributed by atoms with Crippen molar-refractivity contribution in [3.8, 4) is 0 Å². The number of nitrogens with zero attached hydrogens (tertiary/aromatic N) is 1. The zero-order valence-corrected chi connectivity index (χ0v) is 9.75. The maximum absolute atomic E-state index is 9.34. The van der Waals surface area contributed by atoms with Gasteiger partial charge < -0.3 is 5.11 Å². The third-order valence-corrected chi connectivity index (χ3v) is 2.31. The van der Waals surface area contributed by atoms with E-state index in [0.717, 1.165) is 19.5 Å². The zero-order chi connectivity index (χ0) is 10.4. The van der Waals surface area contributed by atoms with Crippen LogP contribution in [0.4, 0.5) is 0 Å². The molecule has 0 radical (unpaired) electrons. The van der Waals surface area contributed by atoms with Crippen molar-refractivity contribution in [3.05, 3.63) is 0 Å². The number of aliphatic hydroxyl groups is 1. The van der Waals surface area contributed by atoms with E-state index in [1.165, 1.54) is 0 Å². The first kappa shape index (κ1) is 12.9. The summed E-state index contributed by atoms with van der Waals surface area (Å²) in [6.45, 7) is 12.6. The van der Waals surface area contributed by atoms with Gasteiger partial charge in [0.25, 0.3) is 0 Å². The normalized spacial score (nSPS) is 16.6. The van der Waals surface area contributed by atoms with Gasteiger partial charge in [-0.15, -0.1) is 0 Å². The van der Waals surface area contributed by atoms with Gasteiger partial charge in [-0.25, -0.2) is 0 Å². The van der Waals surface area contributed by atoms with Crippen molar-refractivity contribution in [1.82, 2.24) is 4.90 Å². The SMILES string of the molecule is CCC(C)N(CC(C)C)CC(C)O. The minimum absolute atomic E-state index is 0.215. The van der Waals surface area contributed by atoms with Crippen molar-refractivity contribution < 1.29 is 5.11 Å². The minimum atomic E-state index is -0.215. The summed E-state index contributed by atoms with van der Waals surface area (Å²) in [6, 6.07) is 0.581. The van der Waals surface area contributed by atoms with Crippen LogP contribution < -0.4 is 0 Å². The fourth-order valence-electron chi connectivity index (χ4n) is 1.50. The van der Waals surface area contributed by atoms with Crippen LogP contribution in [0.2, 0.25) is 0 Å². The average molecular weight is 187 g/mol. The summed E-state index contributed by atoms with van der Waals surface area (Å²) in [4.78, 5) is 2.37. The van der Waals surface area contributed by atoms with Gasteiger partial charge in [0.2, 0.25) is 0 Å². The molecule has 0 rings (SSSR count). The number of rotatable bonds is 6. The molecule has 2 heteroatoms. The summed E-state index contributed by atoms with van der Waals surface area (Å²) in [5.74, 6) is 0.674. The largest absolute Gasteiger partial charge is 0.392 e. The fraction of sp³-hybridized carbons (Fsp3) is 1.00. The van der Waals surface area contributed by atoms with Crippen LogP contribution in [0.3, 0.4) is 0 Å². The molecule has 1 N–H and O–H groups in total. The Balaban J connectivity index is 4.02. The molecule has 0 heterocycles. The molecule has 0 aliphatic carbocycles. The lowest BCUT2D eigenvalue weighted by molar-refractivity contribution is 0.0925. The van der Waals surface area contributed by atoms with E-state index in [9.17, 15) is 5.11 Å². The molecule has 0 amide bonds. The molecule has 0 saturated heterocycles. The molecule has 2 atom stereocenters. The standard InChI is InChI=1S/C11H25NO/c1-6-10(4)12(7-9(2)3)8-11(5)13/h9-11,13H,6-8H2,1-5H3. The molecule has 0 bridgehead atoms. The molecule has 0 aromatic rings. The van der Waals surface area contributed by atoms with Crippen LogP contribution in [0.15, 0.2) is 0 Å². The van der Waals surface area contributed by atoms with Gasteiger partial charge in [0.05, 0.1) is 6.10 Å². The highest BCUT2D eigenvalue weighted by atomic mass is 16.3. The zero-order valence-electron chi connectivity index (χ0n) is 9.75. The molecule has 13 heavy (non-hydrogen) atoms. The Bertz CT molecular complexity index is 113. The van der Waals surface area contributed by atoms with Crippen LogP contribution in [0.25, 0.3) is 0 Å². The van der Waals surface area contributed by atoms with E-state index in [1.807, 2.05) is 6.92 Å². The highest BCUT2D eigenvalue weighted by Gasteiger charge is 2.14. The first-order valence-electron chi connectivity index (χ1n) is 5.39. The van der Waals surface area contributed by atoms with Gasteiger partial charge in [-0.3, -0.25) is 4.90 Å². The molecular weight excluding hydrogens is 162 g/mol. The van der Waals surface area contributed by atoms with Crippen molar-refractivity contribution in [2.45, 2.75) is 53.2 Å². The predicted molar refractivity (Wildman–Crippen MR) is 57.8 cm³/mol. The molecule has 0 saturated carbocycles. The van der Waals surface area contributed by atoms with Gasteiger partial charge in [0.15, 0.2) is 0 Å². The van der Waals surface area contributed by atoms with Crippen LogP contribution in [0, 0.1) is 5.92 Å². The molecule has 0 aliphatic rings. The van der Waals surface area contributed by atoms with Gasteiger partial charge in [-0.1, -0.05) is 20.8 Å². The Labute approximate surface area is 82.9 Å². The third-order valence-electron chi connectivity index (χ3n) is 2.31. The van der Waals surface area contributed by atoms with Crippen LogP contribution in [-0.4, -0.2) is 35.2 Å². The smallest absolute Gasteiger partial charge is 0.0639 e. The van der Waals surface area contributed by atoms with E-state index in [-0.39, 0.29) is 6.10 Å². The fourth-order valence-corrected chi connectivity index (χ4v) is 1.50. The third kappa shape index (κ3) is 6.05. The highest BCUT2D eigenvalue weighted by Crippen LogP contribution is 2.08. The number of hydrogen-bond donors (Lipinski definition) is 1. The first-order chi connectivity index (χ1) is 5.97. The Hall–Kier alpha value is -0.0800. The van der Waals surface area contributed by atoms with Crippen LogP contribution in [-0.2, 0) is 0 Å². The molecule has 0 spiro atoms. The lowest BCUT2D eigenvalue weighted by Gasteiger charge is -2.30. The molecule has 0 aromatic heterocycles. The molecule has 0 aliphatic heterocycles. The summed E-state index contributed by atoms with van der Waals surface area (Å²) in [5, 5.41) is 9.34. The molecule has 2 nitrogen and oxygen atoms in total. The summed E-state index contributed by atoms with van der Waals surface area (Å²) in [7, 11) is 0. The molecule has 0 fully saturated rings. The van der Waals surface area contributed by atoms with Crippen molar-refractivity contribution in [2.75, 3.05) is 13.1 Å². The van der Waals surface area contributed by atoms with E-state index in [2.05, 4.69) is 32.6 Å². The minimum Gasteiger partial charge on any atom is -0.392 e. The first-order valence-corrected chi connectivity index (χ1v) is 5.39. The van der Waals surface area contributed by atoms with E-state index in [0.29, 0.717) is 12.0 Å². The Morgan fingerprint density at radius 2 is 1.62 bits per heavy atom. The van der Waals surface area contributed by atoms with E-state index in [1.54, 1.807) is 0 Å². The Kier molecular flexibility index (Phi) is 6.35. The van der Waals surface area contributed by atoms with Gasteiger partial charge in [0, 0.05) is 19.1 Å². The second-order valence-electron chi connectivity index (χ2n) is 4.45. The monoisotopic (exact) mass is 187 g/mol. The second-order valence-corrected chi connectivity index (χ2v) is 4.45. The maximum atomic E-state index is 9.34. The quantitative estimate of drug-likeness (QED) is 0.688. The number of hydrogen-bond acceptors (Lipinski definition) is 2. The highest BCUT2D eigenvalue weighted by molar-refractivity contribution is 4.69. The van der Waals surface area contributed by atoms with Crippen molar-refractivity contribution in [1.29, 1.82) is 0 Å². The maximum Gasteiger partial charge on any atom is 0.0639 e. The van der Waals surface area contributed by atoms with Crippen molar-refractivity contribution >= 4 is 0 Å². The van der Waals surface area contributed by atoms with Crippen molar-refractivity contribution in [2.24, 2.45) is 5.92 Å². The Morgan fingerprint density at radius 3 is 1.92 bits per heavy atom. The number of aliphatic hydroxyl groups excluding tert-OH is 1. The average Bonchev–Trinajstić information content (AvgIpc) is 2.00. The van der Waals surface area contributed by atoms with Gasteiger partial charge in [-0.05, 0) is 26.2 Å². The van der Waals surface area contributed by atoms with Gasteiger partial charge in [-0.2, -0.15) is 0 Å². The van der Waals surface area contributed by atoms with Gasteiger partial charge in [0.1, 0.15) is 0 Å². The lowest BCUT2D eigenvalue weighted by Crippen LogP contribution is -2.40. The van der Waals surface area contributed by atoms with E-state index >= 15 is 0 Å². The van der Waals surface area contributed by atoms with Crippen LogP contribution in [0.1, 0.15) is 41.0 Å². The molecule has 80 valence electrons. The summed E-state index contributed by atoms with van der Waals surface area (Å²) in [5.41, 5.74) is 0. The topological polar surface area (TPSA) is 23.5 Å². The summed E-state index contributed by atoms with van der Waals surface area (Å²) in [6.07, 6.45) is 0.937.